The number of nitrogens with one attached hydrogen (secondary N) is 2. The lowest BCUT2D eigenvalue weighted by molar-refractivity contribution is -0.0139. The fourth-order valence-electron chi connectivity index (χ4n) is 5.21. The molecule has 8 heteroatoms. The summed E-state index contributed by atoms with van der Waals surface area (Å²) in [5, 5.41) is 7.22. The molecule has 3 aliphatic rings. The number of nitrogens with zero attached hydrogens (tertiary/aromatic N) is 4. The second-order valence-corrected chi connectivity index (χ2v) is 9.27. The molecule has 3 aliphatic heterocycles. The molecule has 4 rings (SSSR count). The van der Waals surface area contributed by atoms with E-state index in [2.05, 4.69) is 52.5 Å². The number of hydrogen-bond acceptors (Lipinski definition) is 5. The molecule has 4 heterocycles. The van der Waals surface area contributed by atoms with Crippen molar-refractivity contribution in [3.63, 3.8) is 0 Å². The summed E-state index contributed by atoms with van der Waals surface area (Å²) in [7, 11) is 0. The van der Waals surface area contributed by atoms with Gasteiger partial charge in [0, 0.05) is 50.1 Å². The van der Waals surface area contributed by atoms with Gasteiger partial charge in [0.15, 0.2) is 5.96 Å². The van der Waals surface area contributed by atoms with E-state index >= 15 is 0 Å². The molecule has 0 aliphatic carbocycles. The average molecular weight is 557 g/mol. The van der Waals surface area contributed by atoms with Gasteiger partial charge in [0.25, 0.3) is 0 Å². The molecule has 0 bridgehead atoms. The molecule has 0 amide bonds. The Bertz CT molecular complexity index is 725. The van der Waals surface area contributed by atoms with Gasteiger partial charge in [-0.2, -0.15) is 0 Å². The second-order valence-electron chi connectivity index (χ2n) is 9.27. The van der Waals surface area contributed by atoms with Crippen molar-refractivity contribution in [2.75, 3.05) is 57.4 Å². The minimum atomic E-state index is 0. The molecule has 0 spiro atoms. The predicted octanol–water partition coefficient (Wildman–Crippen LogP) is 3.18. The molecule has 0 atom stereocenters. The van der Waals surface area contributed by atoms with Crippen LogP contribution in [0.5, 0.6) is 0 Å². The zero-order valence-corrected chi connectivity index (χ0v) is 22.1. The Kier molecular flexibility index (Phi) is 9.85. The molecule has 1 aromatic rings. The van der Waals surface area contributed by atoms with Crippen LogP contribution in [-0.2, 0) is 4.74 Å². The van der Waals surface area contributed by atoms with Crippen LogP contribution in [0.1, 0.15) is 51.1 Å². The average Bonchev–Trinajstić information content (AvgIpc) is 3.35. The van der Waals surface area contributed by atoms with Crippen molar-refractivity contribution >= 4 is 35.8 Å². The summed E-state index contributed by atoms with van der Waals surface area (Å²) >= 11 is 0. The zero-order chi connectivity index (χ0) is 21.5. The van der Waals surface area contributed by atoms with Crippen molar-refractivity contribution in [3.05, 3.63) is 23.9 Å². The highest BCUT2D eigenvalue weighted by molar-refractivity contribution is 14.0. The monoisotopic (exact) mass is 556 g/mol. The van der Waals surface area contributed by atoms with Gasteiger partial charge in [-0.05, 0) is 77.6 Å². The van der Waals surface area contributed by atoms with Crippen molar-refractivity contribution < 1.29 is 4.74 Å². The van der Waals surface area contributed by atoms with Gasteiger partial charge in [0.05, 0.1) is 6.54 Å². The quantitative estimate of drug-likeness (QED) is 0.319. The lowest BCUT2D eigenvalue weighted by Gasteiger charge is -2.43. The van der Waals surface area contributed by atoms with Gasteiger partial charge in [-0.15, -0.1) is 24.0 Å². The molecule has 32 heavy (non-hydrogen) atoms. The van der Waals surface area contributed by atoms with Gasteiger partial charge in [0.2, 0.25) is 0 Å². The summed E-state index contributed by atoms with van der Waals surface area (Å²) in [6.45, 7) is 12.2. The highest BCUT2D eigenvalue weighted by Crippen LogP contribution is 2.31. The van der Waals surface area contributed by atoms with E-state index in [9.17, 15) is 0 Å². The minimum Gasteiger partial charge on any atom is -0.381 e. The third-order valence-electron chi connectivity index (χ3n) is 7.11. The molecule has 7 nitrogen and oxygen atoms in total. The fraction of sp³-hybridized carbons (Fsp3) is 0.750. The van der Waals surface area contributed by atoms with E-state index in [4.69, 9.17) is 14.7 Å². The van der Waals surface area contributed by atoms with Crippen LogP contribution < -0.4 is 15.5 Å². The summed E-state index contributed by atoms with van der Waals surface area (Å²) < 4.78 is 5.70. The summed E-state index contributed by atoms with van der Waals surface area (Å²) in [4.78, 5) is 14.9. The number of rotatable bonds is 6. The first-order valence-corrected chi connectivity index (χ1v) is 12.2. The molecule has 0 saturated carbocycles. The lowest BCUT2D eigenvalue weighted by atomic mass is 9.88. The number of piperidine rings is 1. The van der Waals surface area contributed by atoms with Crippen LogP contribution in [-0.4, -0.2) is 79.9 Å². The van der Waals surface area contributed by atoms with Gasteiger partial charge in [-0.25, -0.2) is 4.98 Å². The Labute approximate surface area is 210 Å². The maximum absolute atomic E-state index is 5.70. The van der Waals surface area contributed by atoms with E-state index < -0.39 is 0 Å². The first kappa shape index (κ1) is 25.5. The van der Waals surface area contributed by atoms with E-state index in [1.807, 2.05) is 0 Å². The SMILES string of the molecule is CCNC(=NCC1(N2CCCC2)CCOCC1)NC1CCN(c2cccc(C)n2)CC1.I. The summed E-state index contributed by atoms with van der Waals surface area (Å²) in [6, 6.07) is 6.74. The molecule has 3 saturated heterocycles. The summed E-state index contributed by atoms with van der Waals surface area (Å²) in [5.41, 5.74) is 1.26. The largest absolute Gasteiger partial charge is 0.381 e. The number of likely N-dealkylation sites (tertiary alicyclic amines) is 1. The van der Waals surface area contributed by atoms with E-state index in [-0.39, 0.29) is 29.5 Å². The van der Waals surface area contributed by atoms with Crippen molar-refractivity contribution in [1.82, 2.24) is 20.5 Å². The minimum absolute atomic E-state index is 0. The Morgan fingerprint density at radius 2 is 1.88 bits per heavy atom. The molecule has 0 unspecified atom stereocenters. The summed E-state index contributed by atoms with van der Waals surface area (Å²) in [6.07, 6.45) is 7.03. The maximum Gasteiger partial charge on any atom is 0.191 e. The number of pyridine rings is 1. The van der Waals surface area contributed by atoms with Crippen molar-refractivity contribution in [1.29, 1.82) is 0 Å². The molecule has 2 N–H and O–H groups in total. The van der Waals surface area contributed by atoms with Gasteiger partial charge < -0.3 is 20.3 Å². The highest BCUT2D eigenvalue weighted by atomic mass is 127. The van der Waals surface area contributed by atoms with Crippen LogP contribution in [0.25, 0.3) is 0 Å². The second kappa shape index (κ2) is 12.4. The Hall–Kier alpha value is -1.13. The first-order chi connectivity index (χ1) is 15.2. The molecule has 180 valence electrons. The Morgan fingerprint density at radius 1 is 1.16 bits per heavy atom. The number of aromatic nitrogens is 1. The molecule has 3 fully saturated rings. The number of anilines is 1. The smallest absolute Gasteiger partial charge is 0.191 e. The van der Waals surface area contributed by atoms with E-state index in [0.29, 0.717) is 6.04 Å². The maximum atomic E-state index is 5.70. The van der Waals surface area contributed by atoms with Crippen LogP contribution in [0.2, 0.25) is 0 Å². The van der Waals surface area contributed by atoms with Crippen LogP contribution in [0.3, 0.4) is 0 Å². The van der Waals surface area contributed by atoms with Gasteiger partial charge >= 0.3 is 0 Å². The van der Waals surface area contributed by atoms with E-state index in [1.54, 1.807) is 0 Å². The van der Waals surface area contributed by atoms with Gasteiger partial charge in [-0.3, -0.25) is 9.89 Å². The lowest BCUT2D eigenvalue weighted by Crippen LogP contribution is -2.54. The third-order valence-corrected chi connectivity index (χ3v) is 7.11. The van der Waals surface area contributed by atoms with E-state index in [1.165, 1.54) is 25.9 Å². The van der Waals surface area contributed by atoms with Crippen molar-refractivity contribution in [3.8, 4) is 0 Å². The number of aliphatic imine (C=N–C) groups is 1. The normalized spacial score (nSPS) is 22.4. The van der Waals surface area contributed by atoms with Crippen LogP contribution in [0.15, 0.2) is 23.2 Å². The standard InChI is InChI=1S/C24H40N6O.HI/c1-3-25-23(26-19-24(11-17-31-18-12-24)30-13-4-5-14-30)28-21-9-15-29(16-10-21)22-8-6-7-20(2)27-22;/h6-8,21H,3-5,9-19H2,1-2H3,(H2,25,26,28);1H. The van der Waals surface area contributed by atoms with Gasteiger partial charge in [0.1, 0.15) is 5.82 Å². The number of ether oxygens (including phenoxy) is 1. The zero-order valence-electron chi connectivity index (χ0n) is 19.8. The van der Waals surface area contributed by atoms with Crippen LogP contribution >= 0.6 is 24.0 Å². The molecular weight excluding hydrogens is 515 g/mol. The molecular formula is C24H41IN6O. The number of guanidine groups is 1. The molecule has 0 radical (unpaired) electrons. The topological polar surface area (TPSA) is 65.0 Å². The van der Waals surface area contributed by atoms with Crippen LogP contribution in [0, 0.1) is 6.92 Å². The van der Waals surface area contributed by atoms with Crippen LogP contribution in [0.4, 0.5) is 5.82 Å². The highest BCUT2D eigenvalue weighted by Gasteiger charge is 2.39. The fourth-order valence-corrected chi connectivity index (χ4v) is 5.21. The van der Waals surface area contributed by atoms with Gasteiger partial charge in [-0.1, -0.05) is 6.07 Å². The Morgan fingerprint density at radius 3 is 2.53 bits per heavy atom. The molecule has 0 aromatic carbocycles. The Balaban J connectivity index is 0.00000289. The number of halogens is 1. The van der Waals surface area contributed by atoms with Crippen molar-refractivity contribution in [2.45, 2.75) is 64.0 Å². The summed E-state index contributed by atoms with van der Waals surface area (Å²) in [5.74, 6) is 2.07. The predicted molar refractivity (Wildman–Crippen MR) is 142 cm³/mol. The first-order valence-electron chi connectivity index (χ1n) is 12.2. The van der Waals surface area contributed by atoms with E-state index in [0.717, 1.165) is 82.5 Å². The molecule has 1 aromatic heterocycles. The number of aryl methyl sites for hydroxylation is 1. The van der Waals surface area contributed by atoms with Crippen molar-refractivity contribution in [2.24, 2.45) is 4.99 Å². The third kappa shape index (κ3) is 6.47. The number of hydrogen-bond donors (Lipinski definition) is 2.